The normalized spacial score (nSPS) is 10.1. The van der Waals surface area contributed by atoms with Crippen molar-refractivity contribution in [1.29, 1.82) is 0 Å². The summed E-state index contributed by atoms with van der Waals surface area (Å²) < 4.78 is 1.34. The second-order valence-electron chi connectivity index (χ2n) is 2.69. The zero-order valence-corrected chi connectivity index (χ0v) is 7.53. The van der Waals surface area contributed by atoms with Gasteiger partial charge in [0.1, 0.15) is 6.33 Å². The first-order chi connectivity index (χ1) is 7.16. The highest BCUT2D eigenvalue weighted by molar-refractivity contribution is 5.90. The highest BCUT2D eigenvalue weighted by Gasteiger charge is 2.05. The molecule has 0 aliphatic heterocycles. The van der Waals surface area contributed by atoms with Gasteiger partial charge in [0.15, 0.2) is 11.5 Å². The molecule has 0 aliphatic carbocycles. The number of nitrogens with two attached hydrogens (primary N) is 2. The molecule has 0 radical (unpaired) electrons. The molecule has 0 aliphatic rings. The molecule has 8 heteroatoms. The van der Waals surface area contributed by atoms with Crippen LogP contribution in [0.4, 0.5) is 5.95 Å². The average molecular weight is 205 g/mol. The summed E-state index contributed by atoms with van der Waals surface area (Å²) in [6.07, 6.45) is 1.39. The summed E-state index contributed by atoms with van der Waals surface area (Å²) in [6, 6.07) is 2.99. The van der Waals surface area contributed by atoms with Crippen LogP contribution in [-0.2, 0) is 0 Å². The number of hydrogen-bond donors (Lipinski definition) is 2. The fourth-order valence-corrected chi connectivity index (χ4v) is 0.965. The van der Waals surface area contributed by atoms with E-state index in [9.17, 15) is 4.79 Å². The fourth-order valence-electron chi connectivity index (χ4n) is 0.965. The second-order valence-corrected chi connectivity index (χ2v) is 2.69. The molecule has 2 rings (SSSR count). The van der Waals surface area contributed by atoms with E-state index in [-0.39, 0.29) is 11.6 Å². The molecule has 0 spiro atoms. The Morgan fingerprint density at radius 3 is 2.60 bits per heavy atom. The van der Waals surface area contributed by atoms with E-state index in [0.717, 1.165) is 0 Å². The highest BCUT2D eigenvalue weighted by atomic mass is 16.1. The lowest BCUT2D eigenvalue weighted by Gasteiger charge is -1.97. The smallest absolute Gasteiger partial charge is 0.269 e. The van der Waals surface area contributed by atoms with Crippen LogP contribution < -0.4 is 11.5 Å². The molecule has 4 N–H and O–H groups in total. The average Bonchev–Trinajstić information content (AvgIpc) is 2.65. The van der Waals surface area contributed by atoms with E-state index in [1.165, 1.54) is 17.1 Å². The molecule has 76 valence electrons. The summed E-state index contributed by atoms with van der Waals surface area (Å²) >= 11 is 0. The summed E-state index contributed by atoms with van der Waals surface area (Å²) in [5.74, 6) is -0.0906. The number of aromatic nitrogens is 5. The number of nitrogens with zero attached hydrogens (tertiary/aromatic N) is 5. The largest absolute Gasteiger partial charge is 0.366 e. The molecular weight excluding hydrogens is 198 g/mol. The van der Waals surface area contributed by atoms with Crippen molar-refractivity contribution in [3.05, 3.63) is 24.2 Å². The lowest BCUT2D eigenvalue weighted by Crippen LogP contribution is -2.14. The maximum Gasteiger partial charge on any atom is 0.269 e. The van der Waals surface area contributed by atoms with Crippen molar-refractivity contribution < 1.29 is 4.79 Å². The van der Waals surface area contributed by atoms with E-state index in [4.69, 9.17) is 11.5 Å². The van der Waals surface area contributed by atoms with Crippen LogP contribution in [0, 0.1) is 0 Å². The number of rotatable bonds is 2. The topological polar surface area (TPSA) is 126 Å². The molecule has 1 amide bonds. The Hall–Kier alpha value is -2.51. The molecule has 0 atom stereocenters. The summed E-state index contributed by atoms with van der Waals surface area (Å²) in [5, 5.41) is 11.2. The zero-order chi connectivity index (χ0) is 10.8. The van der Waals surface area contributed by atoms with E-state index in [2.05, 4.69) is 20.3 Å². The second kappa shape index (κ2) is 3.33. The Balaban J connectivity index is 2.35. The van der Waals surface area contributed by atoms with Crippen LogP contribution in [0.5, 0.6) is 0 Å². The van der Waals surface area contributed by atoms with Crippen molar-refractivity contribution >= 4 is 11.9 Å². The lowest BCUT2D eigenvalue weighted by atomic mass is 10.4. The van der Waals surface area contributed by atoms with Gasteiger partial charge in [-0.2, -0.15) is 4.68 Å². The third-order valence-electron chi connectivity index (χ3n) is 1.65. The number of amides is 1. The Morgan fingerprint density at radius 2 is 2.13 bits per heavy atom. The number of carbonyl (C=O) groups is 1. The van der Waals surface area contributed by atoms with E-state index in [0.29, 0.717) is 5.82 Å². The molecular formula is C7H7N7O. The zero-order valence-electron chi connectivity index (χ0n) is 7.53. The van der Waals surface area contributed by atoms with Gasteiger partial charge in [0.2, 0.25) is 5.95 Å². The van der Waals surface area contributed by atoms with Gasteiger partial charge in [-0.05, 0) is 12.1 Å². The van der Waals surface area contributed by atoms with Crippen molar-refractivity contribution in [2.75, 3.05) is 5.73 Å². The number of anilines is 1. The quantitative estimate of drug-likeness (QED) is 0.630. The van der Waals surface area contributed by atoms with Crippen LogP contribution >= 0.6 is 0 Å². The van der Waals surface area contributed by atoms with Gasteiger partial charge >= 0.3 is 0 Å². The van der Waals surface area contributed by atoms with Crippen LogP contribution in [0.15, 0.2) is 18.5 Å². The first-order valence-corrected chi connectivity index (χ1v) is 3.98. The van der Waals surface area contributed by atoms with Gasteiger partial charge in [0.05, 0.1) is 0 Å². The summed E-state index contributed by atoms with van der Waals surface area (Å²) in [6.45, 7) is 0. The molecule has 0 fully saturated rings. The van der Waals surface area contributed by atoms with E-state index in [1.54, 1.807) is 6.07 Å². The number of nitrogen functional groups attached to an aromatic ring is 1. The van der Waals surface area contributed by atoms with Gasteiger partial charge in [-0.25, -0.2) is 4.98 Å². The van der Waals surface area contributed by atoms with Gasteiger partial charge in [0, 0.05) is 0 Å². The monoisotopic (exact) mass is 205 g/mol. The number of carbonyl (C=O) groups excluding carboxylic acids is 1. The van der Waals surface area contributed by atoms with Crippen molar-refractivity contribution in [2.45, 2.75) is 0 Å². The van der Waals surface area contributed by atoms with Gasteiger partial charge in [0.25, 0.3) is 5.91 Å². The van der Waals surface area contributed by atoms with Crippen molar-refractivity contribution in [2.24, 2.45) is 5.73 Å². The fraction of sp³-hybridized carbons (Fsp3) is 0. The SMILES string of the molecule is NC(=O)c1ccc(-n2cnc(N)n2)nn1. The van der Waals surface area contributed by atoms with E-state index >= 15 is 0 Å². The summed E-state index contributed by atoms with van der Waals surface area (Å²) in [5.41, 5.74) is 10.4. The van der Waals surface area contributed by atoms with Gasteiger partial charge < -0.3 is 11.5 Å². The number of hydrogen-bond acceptors (Lipinski definition) is 6. The maximum atomic E-state index is 10.7. The van der Waals surface area contributed by atoms with Crippen molar-refractivity contribution in [3.8, 4) is 5.82 Å². The molecule has 0 aromatic carbocycles. The Bertz CT molecular complexity index is 488. The molecule has 2 aromatic heterocycles. The Kier molecular flexibility index (Phi) is 2.01. The van der Waals surface area contributed by atoms with E-state index in [1.807, 2.05) is 0 Å². The van der Waals surface area contributed by atoms with Gasteiger partial charge in [-0.15, -0.1) is 15.3 Å². The molecule has 8 nitrogen and oxygen atoms in total. The lowest BCUT2D eigenvalue weighted by molar-refractivity contribution is 0.0994. The van der Waals surface area contributed by atoms with E-state index < -0.39 is 5.91 Å². The first kappa shape index (κ1) is 9.06. The standard InChI is InChI=1S/C7H7N7O/c8-6(15)4-1-2-5(12-11-4)14-3-10-7(9)13-14/h1-3H,(H2,8,15)(H2,9,13). The molecule has 15 heavy (non-hydrogen) atoms. The summed E-state index contributed by atoms with van der Waals surface area (Å²) in [4.78, 5) is 14.4. The van der Waals surface area contributed by atoms with Gasteiger partial charge in [-0.1, -0.05) is 0 Å². The minimum atomic E-state index is -0.632. The van der Waals surface area contributed by atoms with Crippen LogP contribution in [0.25, 0.3) is 5.82 Å². The third-order valence-corrected chi connectivity index (χ3v) is 1.65. The molecule has 0 unspecified atom stereocenters. The van der Waals surface area contributed by atoms with Crippen LogP contribution in [0.3, 0.4) is 0 Å². The van der Waals surface area contributed by atoms with Crippen LogP contribution in [-0.4, -0.2) is 30.9 Å². The Morgan fingerprint density at radius 1 is 1.33 bits per heavy atom. The molecule has 0 saturated heterocycles. The van der Waals surface area contributed by atoms with Crippen molar-refractivity contribution in [3.63, 3.8) is 0 Å². The minimum absolute atomic E-state index is 0.0897. The predicted molar refractivity (Wildman–Crippen MR) is 49.9 cm³/mol. The molecule has 0 saturated carbocycles. The Labute approximate surface area is 83.9 Å². The third kappa shape index (κ3) is 1.73. The number of primary amides is 1. The predicted octanol–water partition coefficient (Wildman–Crippen LogP) is -1.26. The van der Waals surface area contributed by atoms with Crippen LogP contribution in [0.1, 0.15) is 10.5 Å². The van der Waals surface area contributed by atoms with Crippen LogP contribution in [0.2, 0.25) is 0 Å². The highest BCUT2D eigenvalue weighted by Crippen LogP contribution is 2.02. The molecule has 2 aromatic rings. The van der Waals surface area contributed by atoms with Crippen molar-refractivity contribution in [1.82, 2.24) is 25.0 Å². The summed E-state index contributed by atoms with van der Waals surface area (Å²) in [7, 11) is 0. The maximum absolute atomic E-state index is 10.7. The molecule has 0 bridgehead atoms. The minimum Gasteiger partial charge on any atom is -0.366 e. The molecule has 2 heterocycles. The van der Waals surface area contributed by atoms with Gasteiger partial charge in [-0.3, -0.25) is 4.79 Å². The first-order valence-electron chi connectivity index (χ1n) is 3.98.